The van der Waals surface area contributed by atoms with Crippen molar-refractivity contribution in [3.63, 3.8) is 0 Å². The molecule has 2 aromatic rings. The van der Waals surface area contributed by atoms with Gasteiger partial charge >= 0.3 is 0 Å². The van der Waals surface area contributed by atoms with Crippen molar-refractivity contribution < 1.29 is 9.32 Å². The molecule has 104 valence electrons. The van der Waals surface area contributed by atoms with Crippen molar-refractivity contribution >= 4 is 23.6 Å². The predicted octanol–water partition coefficient (Wildman–Crippen LogP) is 1.89. The molecule has 3 heterocycles. The molecular formula is C13H14N4O2S. The van der Waals surface area contributed by atoms with Gasteiger partial charge < -0.3 is 9.51 Å². The maximum Gasteiger partial charge on any atom is 0.235 e. The second kappa shape index (κ2) is 4.66. The minimum Gasteiger partial charge on any atom is -0.348 e. The van der Waals surface area contributed by atoms with Crippen LogP contribution >= 0.6 is 11.8 Å². The fourth-order valence-electron chi connectivity index (χ4n) is 2.79. The van der Waals surface area contributed by atoms with Gasteiger partial charge in [-0.25, -0.2) is 4.98 Å². The lowest BCUT2D eigenvalue weighted by Gasteiger charge is -2.19. The smallest absolute Gasteiger partial charge is 0.235 e. The van der Waals surface area contributed by atoms with Gasteiger partial charge in [-0.1, -0.05) is 5.16 Å². The van der Waals surface area contributed by atoms with Crippen LogP contribution in [0.1, 0.15) is 29.1 Å². The normalized spacial score (nSPS) is 20.5. The van der Waals surface area contributed by atoms with Gasteiger partial charge in [0.15, 0.2) is 0 Å². The van der Waals surface area contributed by atoms with E-state index in [2.05, 4.69) is 20.4 Å². The molecular weight excluding hydrogens is 276 g/mol. The number of nitrogens with zero attached hydrogens (tertiary/aromatic N) is 2. The molecule has 0 saturated heterocycles. The molecule has 0 fully saturated rings. The Kier molecular flexibility index (Phi) is 2.80. The summed E-state index contributed by atoms with van der Waals surface area (Å²) in [5.41, 5.74) is 4.17. The third kappa shape index (κ3) is 1.93. The standard InChI is InChI=1S/C13H14N4O2S/c18-12(7-1-2-9-10(3-7)15-6-14-9)16-13-8-4-20-5-11(8)17-19-13/h6-7H,1-5H2,(H,14,15)(H,16,18). The molecule has 1 amide bonds. The summed E-state index contributed by atoms with van der Waals surface area (Å²) in [4.78, 5) is 19.7. The third-order valence-corrected chi connectivity index (χ3v) is 4.92. The maximum atomic E-state index is 12.4. The van der Waals surface area contributed by atoms with Gasteiger partial charge in [0.05, 0.1) is 23.3 Å². The topological polar surface area (TPSA) is 83.8 Å². The number of amides is 1. The molecule has 0 spiro atoms. The monoisotopic (exact) mass is 290 g/mol. The largest absolute Gasteiger partial charge is 0.348 e. The number of rotatable bonds is 2. The van der Waals surface area contributed by atoms with Gasteiger partial charge in [-0.05, 0) is 12.8 Å². The van der Waals surface area contributed by atoms with E-state index in [-0.39, 0.29) is 11.8 Å². The average molecular weight is 290 g/mol. The van der Waals surface area contributed by atoms with Crippen molar-refractivity contribution in [2.24, 2.45) is 5.92 Å². The van der Waals surface area contributed by atoms with E-state index in [1.807, 2.05) is 0 Å². The summed E-state index contributed by atoms with van der Waals surface area (Å²) in [6.07, 6.45) is 4.09. The highest BCUT2D eigenvalue weighted by atomic mass is 32.2. The van der Waals surface area contributed by atoms with Gasteiger partial charge in [0.1, 0.15) is 0 Å². The summed E-state index contributed by atoms with van der Waals surface area (Å²) >= 11 is 1.79. The molecule has 0 aromatic carbocycles. The first-order valence-corrected chi connectivity index (χ1v) is 7.84. The van der Waals surface area contributed by atoms with Gasteiger partial charge in [0.25, 0.3) is 0 Å². The lowest BCUT2D eigenvalue weighted by atomic mass is 9.89. The second-order valence-corrected chi connectivity index (χ2v) is 6.17. The summed E-state index contributed by atoms with van der Waals surface area (Å²) < 4.78 is 5.24. The van der Waals surface area contributed by atoms with Crippen molar-refractivity contribution in [2.75, 3.05) is 5.32 Å². The fourth-order valence-corrected chi connectivity index (χ4v) is 3.82. The van der Waals surface area contributed by atoms with Gasteiger partial charge in [0, 0.05) is 29.5 Å². The Morgan fingerprint density at radius 2 is 2.40 bits per heavy atom. The first-order chi connectivity index (χ1) is 9.81. The van der Waals surface area contributed by atoms with E-state index in [0.29, 0.717) is 12.3 Å². The zero-order valence-corrected chi connectivity index (χ0v) is 11.6. The van der Waals surface area contributed by atoms with E-state index in [0.717, 1.165) is 47.0 Å². The van der Waals surface area contributed by atoms with Gasteiger partial charge in [-0.2, -0.15) is 11.8 Å². The van der Waals surface area contributed by atoms with Gasteiger partial charge in [-0.3, -0.25) is 10.1 Å². The molecule has 1 atom stereocenters. The van der Waals surface area contributed by atoms with E-state index in [4.69, 9.17) is 4.52 Å². The summed E-state index contributed by atoms with van der Waals surface area (Å²) in [6.45, 7) is 0. The van der Waals surface area contributed by atoms with Gasteiger partial charge in [-0.15, -0.1) is 0 Å². The van der Waals surface area contributed by atoms with E-state index in [1.54, 1.807) is 18.1 Å². The maximum absolute atomic E-state index is 12.4. The second-order valence-electron chi connectivity index (χ2n) is 5.19. The zero-order valence-electron chi connectivity index (χ0n) is 10.8. The number of aromatic amines is 1. The van der Waals surface area contributed by atoms with E-state index >= 15 is 0 Å². The molecule has 1 aliphatic carbocycles. The number of fused-ring (bicyclic) bond motifs is 2. The highest BCUT2D eigenvalue weighted by molar-refractivity contribution is 7.98. The summed E-state index contributed by atoms with van der Waals surface area (Å²) in [7, 11) is 0. The number of H-pyrrole nitrogens is 1. The number of imidazole rings is 1. The van der Waals surface area contributed by atoms with Crippen molar-refractivity contribution in [3.8, 4) is 0 Å². The number of aryl methyl sites for hydroxylation is 1. The number of nitrogens with one attached hydrogen (secondary N) is 2. The number of anilines is 1. The van der Waals surface area contributed by atoms with Crippen LogP contribution in [0.3, 0.4) is 0 Å². The Hall–Kier alpha value is -1.76. The lowest BCUT2D eigenvalue weighted by molar-refractivity contribution is -0.120. The number of thioether (sulfide) groups is 1. The van der Waals surface area contributed by atoms with Crippen molar-refractivity contribution in [2.45, 2.75) is 30.8 Å². The predicted molar refractivity (Wildman–Crippen MR) is 74.2 cm³/mol. The van der Waals surface area contributed by atoms with Crippen LogP contribution in [0.4, 0.5) is 5.88 Å². The van der Waals surface area contributed by atoms with Crippen LogP contribution in [-0.2, 0) is 29.1 Å². The van der Waals surface area contributed by atoms with Crippen LogP contribution < -0.4 is 5.32 Å². The SMILES string of the molecule is O=C(Nc1onc2c1CSC2)C1CCc2nc[nH]c2C1. The molecule has 0 saturated carbocycles. The Morgan fingerprint density at radius 3 is 3.35 bits per heavy atom. The molecule has 1 aliphatic heterocycles. The molecule has 0 radical (unpaired) electrons. The van der Waals surface area contributed by atoms with Crippen LogP contribution in [0.5, 0.6) is 0 Å². The highest BCUT2D eigenvalue weighted by Gasteiger charge is 2.29. The van der Waals surface area contributed by atoms with Crippen LogP contribution in [-0.4, -0.2) is 21.0 Å². The first-order valence-electron chi connectivity index (χ1n) is 6.68. The van der Waals surface area contributed by atoms with Crippen molar-refractivity contribution in [1.29, 1.82) is 0 Å². The first kappa shape index (κ1) is 12.0. The Balaban J connectivity index is 1.48. The third-order valence-electron chi connectivity index (χ3n) is 3.95. The Morgan fingerprint density at radius 1 is 1.45 bits per heavy atom. The van der Waals surface area contributed by atoms with Crippen LogP contribution in [0.2, 0.25) is 0 Å². The molecule has 4 rings (SSSR count). The summed E-state index contributed by atoms with van der Waals surface area (Å²) in [6, 6.07) is 0. The van der Waals surface area contributed by atoms with Crippen LogP contribution in [0.25, 0.3) is 0 Å². The van der Waals surface area contributed by atoms with Crippen LogP contribution in [0, 0.1) is 5.92 Å². The molecule has 1 unspecified atom stereocenters. The number of aromatic nitrogens is 3. The van der Waals surface area contributed by atoms with E-state index in [9.17, 15) is 4.79 Å². The quantitative estimate of drug-likeness (QED) is 0.882. The lowest BCUT2D eigenvalue weighted by Crippen LogP contribution is -2.28. The molecule has 2 aromatic heterocycles. The fraction of sp³-hybridized carbons (Fsp3) is 0.462. The molecule has 6 nitrogen and oxygen atoms in total. The molecule has 7 heteroatoms. The zero-order chi connectivity index (χ0) is 13.5. The Labute approximate surface area is 119 Å². The van der Waals surface area contributed by atoms with E-state index in [1.165, 1.54) is 0 Å². The average Bonchev–Trinajstić information content (AvgIpc) is 3.14. The van der Waals surface area contributed by atoms with E-state index < -0.39 is 0 Å². The number of carbonyl (C=O) groups is 1. The number of carbonyl (C=O) groups excluding carboxylic acids is 1. The minimum atomic E-state index is -0.0299. The Bertz CT molecular complexity index is 663. The minimum absolute atomic E-state index is 0.0149. The number of hydrogen-bond acceptors (Lipinski definition) is 5. The summed E-state index contributed by atoms with van der Waals surface area (Å²) in [5.74, 6) is 2.25. The van der Waals surface area contributed by atoms with Gasteiger partial charge in [0.2, 0.25) is 11.8 Å². The van der Waals surface area contributed by atoms with Crippen LogP contribution in [0.15, 0.2) is 10.9 Å². The number of hydrogen-bond donors (Lipinski definition) is 2. The summed E-state index contributed by atoms with van der Waals surface area (Å²) in [5, 5.41) is 6.90. The van der Waals surface area contributed by atoms with Crippen molar-refractivity contribution in [1.82, 2.24) is 15.1 Å². The molecule has 2 aliphatic rings. The molecule has 0 bridgehead atoms. The van der Waals surface area contributed by atoms with Crippen molar-refractivity contribution in [3.05, 3.63) is 29.0 Å². The molecule has 2 N–H and O–H groups in total. The highest BCUT2D eigenvalue weighted by Crippen LogP contribution is 2.35. The molecule has 20 heavy (non-hydrogen) atoms.